The Kier molecular flexibility index (Phi) is 4.71. The van der Waals surface area contributed by atoms with E-state index in [1.807, 2.05) is 0 Å². The van der Waals surface area contributed by atoms with Crippen LogP contribution >= 0.6 is 0 Å². The summed E-state index contributed by atoms with van der Waals surface area (Å²) in [6.07, 6.45) is 0. The number of amides is 1. The topological polar surface area (TPSA) is 118 Å². The van der Waals surface area contributed by atoms with E-state index in [9.17, 15) is 19.2 Å². The van der Waals surface area contributed by atoms with Gasteiger partial charge in [-0.3, -0.25) is 19.4 Å². The Labute approximate surface area is 114 Å². The van der Waals surface area contributed by atoms with Gasteiger partial charge in [0, 0.05) is 0 Å². The number of ketones is 2. The van der Waals surface area contributed by atoms with Crippen molar-refractivity contribution in [1.82, 2.24) is 5.01 Å². The van der Waals surface area contributed by atoms with E-state index in [4.69, 9.17) is 10.9 Å². The quantitative estimate of drug-likeness (QED) is 0.345. The number of carbonyl (C=O) groups excluding carboxylic acids is 3. The van der Waals surface area contributed by atoms with Crippen LogP contribution in [-0.2, 0) is 9.59 Å². The number of carboxylic acids is 1. The third-order valence-electron chi connectivity index (χ3n) is 2.67. The lowest BCUT2D eigenvalue weighted by molar-refractivity contribution is -0.131. The first-order valence-electron chi connectivity index (χ1n) is 5.68. The van der Waals surface area contributed by atoms with Crippen molar-refractivity contribution in [2.75, 3.05) is 0 Å². The van der Waals surface area contributed by atoms with Crippen LogP contribution in [0.15, 0.2) is 24.3 Å². The zero-order valence-corrected chi connectivity index (χ0v) is 11.0. The maximum atomic E-state index is 12.2. The molecule has 7 heteroatoms. The van der Waals surface area contributed by atoms with Crippen LogP contribution in [0.2, 0.25) is 0 Å². The molecule has 0 unspecified atom stereocenters. The van der Waals surface area contributed by atoms with E-state index in [0.717, 1.165) is 13.8 Å². The van der Waals surface area contributed by atoms with Crippen molar-refractivity contribution >= 4 is 23.4 Å². The molecule has 3 N–H and O–H groups in total. The predicted molar refractivity (Wildman–Crippen MR) is 68.9 cm³/mol. The minimum absolute atomic E-state index is 0.185. The van der Waals surface area contributed by atoms with Crippen molar-refractivity contribution in [2.45, 2.75) is 19.9 Å². The Hall–Kier alpha value is -2.54. The molecule has 0 atom stereocenters. The largest absolute Gasteiger partial charge is 0.478 e. The van der Waals surface area contributed by atoms with Gasteiger partial charge in [0.15, 0.2) is 17.6 Å². The molecule has 0 aliphatic heterocycles. The van der Waals surface area contributed by atoms with E-state index >= 15 is 0 Å². The first kappa shape index (κ1) is 15.5. The molecule has 1 rings (SSSR count). The van der Waals surface area contributed by atoms with Crippen LogP contribution in [0.5, 0.6) is 0 Å². The monoisotopic (exact) mass is 278 g/mol. The highest BCUT2D eigenvalue weighted by molar-refractivity contribution is 6.11. The molecule has 0 aromatic heterocycles. The second kappa shape index (κ2) is 6.07. The average Bonchev–Trinajstić information content (AvgIpc) is 2.36. The van der Waals surface area contributed by atoms with Gasteiger partial charge in [-0.2, -0.15) is 0 Å². The second-order valence-electron chi connectivity index (χ2n) is 4.19. The molecule has 0 radical (unpaired) electrons. The molecular weight excluding hydrogens is 264 g/mol. The number of aromatic carboxylic acids is 1. The van der Waals surface area contributed by atoms with Crippen LogP contribution in [0.25, 0.3) is 0 Å². The fourth-order valence-corrected chi connectivity index (χ4v) is 1.79. The molecule has 0 saturated carbocycles. The number of benzene rings is 1. The van der Waals surface area contributed by atoms with Gasteiger partial charge in [0.2, 0.25) is 0 Å². The van der Waals surface area contributed by atoms with Crippen LogP contribution in [0.3, 0.4) is 0 Å². The van der Waals surface area contributed by atoms with Gasteiger partial charge in [-0.05, 0) is 26.0 Å². The molecule has 0 fully saturated rings. The van der Waals surface area contributed by atoms with E-state index in [-0.39, 0.29) is 11.1 Å². The van der Waals surface area contributed by atoms with Crippen molar-refractivity contribution < 1.29 is 24.3 Å². The maximum absolute atomic E-state index is 12.2. The third kappa shape index (κ3) is 3.07. The van der Waals surface area contributed by atoms with E-state index in [2.05, 4.69) is 0 Å². The average molecular weight is 278 g/mol. The summed E-state index contributed by atoms with van der Waals surface area (Å²) in [5.41, 5.74) is -0.436. The van der Waals surface area contributed by atoms with E-state index in [1.165, 1.54) is 24.3 Å². The SMILES string of the molecule is CC(=O)C(C(C)=O)N(N)C(=O)c1ccccc1C(=O)O. The van der Waals surface area contributed by atoms with Crippen LogP contribution < -0.4 is 5.84 Å². The van der Waals surface area contributed by atoms with Crippen molar-refractivity contribution in [1.29, 1.82) is 0 Å². The lowest BCUT2D eigenvalue weighted by atomic mass is 10.0. The van der Waals surface area contributed by atoms with E-state index in [1.54, 1.807) is 0 Å². The molecule has 0 aliphatic carbocycles. The number of hydrogen-bond acceptors (Lipinski definition) is 5. The molecule has 0 spiro atoms. The molecule has 0 heterocycles. The van der Waals surface area contributed by atoms with Crippen LogP contribution in [0.1, 0.15) is 34.6 Å². The fourth-order valence-electron chi connectivity index (χ4n) is 1.79. The summed E-state index contributed by atoms with van der Waals surface area (Å²) in [6.45, 7) is 2.25. The molecular formula is C13H14N2O5. The highest BCUT2D eigenvalue weighted by Crippen LogP contribution is 2.12. The summed E-state index contributed by atoms with van der Waals surface area (Å²) in [4.78, 5) is 45.9. The third-order valence-corrected chi connectivity index (χ3v) is 2.67. The number of carboxylic acid groups (broad SMARTS) is 1. The van der Waals surface area contributed by atoms with Gasteiger partial charge in [-0.25, -0.2) is 10.6 Å². The summed E-state index contributed by atoms with van der Waals surface area (Å²) in [7, 11) is 0. The number of hydrazine groups is 1. The second-order valence-corrected chi connectivity index (χ2v) is 4.19. The number of Topliss-reactive ketones (excluding diaryl/α,β-unsaturated/α-hetero) is 2. The van der Waals surface area contributed by atoms with E-state index < -0.39 is 29.5 Å². The highest BCUT2D eigenvalue weighted by Gasteiger charge is 2.31. The van der Waals surface area contributed by atoms with Gasteiger partial charge in [0.05, 0.1) is 11.1 Å². The van der Waals surface area contributed by atoms with Crippen molar-refractivity contribution in [3.8, 4) is 0 Å². The van der Waals surface area contributed by atoms with Gasteiger partial charge in [-0.1, -0.05) is 12.1 Å². The van der Waals surface area contributed by atoms with Crippen LogP contribution in [0, 0.1) is 0 Å². The normalized spacial score (nSPS) is 10.2. The Morgan fingerprint density at radius 1 is 1.05 bits per heavy atom. The fraction of sp³-hybridized carbons (Fsp3) is 0.231. The predicted octanol–water partition coefficient (Wildman–Crippen LogP) is 0.247. The summed E-state index contributed by atoms with van der Waals surface area (Å²) in [6, 6.07) is 3.99. The standard InChI is InChI=1S/C13H14N2O5/c1-7(16)11(8(2)17)15(14)12(18)9-5-3-4-6-10(9)13(19)20/h3-6,11H,14H2,1-2H3,(H,19,20). The Morgan fingerprint density at radius 3 is 1.90 bits per heavy atom. The molecule has 1 aromatic carbocycles. The minimum atomic E-state index is -1.43. The van der Waals surface area contributed by atoms with Gasteiger partial charge in [-0.15, -0.1) is 0 Å². The van der Waals surface area contributed by atoms with Gasteiger partial charge >= 0.3 is 5.97 Å². The molecule has 20 heavy (non-hydrogen) atoms. The summed E-state index contributed by atoms with van der Waals surface area (Å²) >= 11 is 0. The van der Waals surface area contributed by atoms with Crippen molar-refractivity contribution in [3.63, 3.8) is 0 Å². The number of hydrogen-bond donors (Lipinski definition) is 2. The lowest BCUT2D eigenvalue weighted by Gasteiger charge is -2.23. The van der Waals surface area contributed by atoms with Crippen LogP contribution in [-0.4, -0.2) is 39.6 Å². The highest BCUT2D eigenvalue weighted by atomic mass is 16.4. The summed E-state index contributed by atoms with van der Waals surface area (Å²) in [5, 5.41) is 9.47. The van der Waals surface area contributed by atoms with E-state index in [0.29, 0.717) is 5.01 Å². The molecule has 7 nitrogen and oxygen atoms in total. The zero-order chi connectivity index (χ0) is 15.4. The smallest absolute Gasteiger partial charge is 0.336 e. The zero-order valence-electron chi connectivity index (χ0n) is 11.0. The summed E-state index contributed by atoms with van der Waals surface area (Å²) < 4.78 is 0. The minimum Gasteiger partial charge on any atom is -0.478 e. The number of nitrogens with zero attached hydrogens (tertiary/aromatic N) is 1. The maximum Gasteiger partial charge on any atom is 0.336 e. The molecule has 0 aliphatic rings. The number of rotatable bonds is 5. The van der Waals surface area contributed by atoms with Gasteiger partial charge in [0.1, 0.15) is 0 Å². The van der Waals surface area contributed by atoms with Crippen molar-refractivity contribution in [2.24, 2.45) is 5.84 Å². The first-order valence-corrected chi connectivity index (χ1v) is 5.68. The first-order chi connectivity index (χ1) is 9.27. The molecule has 1 aromatic rings. The van der Waals surface area contributed by atoms with Crippen molar-refractivity contribution in [3.05, 3.63) is 35.4 Å². The molecule has 0 saturated heterocycles. The molecule has 106 valence electrons. The van der Waals surface area contributed by atoms with Gasteiger partial charge < -0.3 is 5.11 Å². The lowest BCUT2D eigenvalue weighted by Crippen LogP contribution is -2.52. The Morgan fingerprint density at radius 2 is 1.50 bits per heavy atom. The Balaban J connectivity index is 3.21. The molecule has 0 bridgehead atoms. The summed E-state index contributed by atoms with van der Waals surface area (Å²) in [5.74, 6) is 2.12. The van der Waals surface area contributed by atoms with Gasteiger partial charge in [0.25, 0.3) is 5.91 Å². The number of nitrogens with two attached hydrogens (primary N) is 1. The number of carbonyl (C=O) groups is 4. The van der Waals surface area contributed by atoms with Crippen LogP contribution in [0.4, 0.5) is 0 Å². The molecule has 1 amide bonds. The Bertz CT molecular complexity index is 568.